The van der Waals surface area contributed by atoms with Crippen molar-refractivity contribution in [2.45, 2.75) is 99.6 Å². The number of fused-ring (bicyclic) bond motifs is 10. The summed E-state index contributed by atoms with van der Waals surface area (Å²) in [6, 6.07) is 21.5. The van der Waals surface area contributed by atoms with E-state index in [9.17, 15) is 0 Å². The fraction of sp³-hybridized carbons (Fsp3) is 0.535. The third kappa shape index (κ3) is 4.99. The Labute approximate surface area is 285 Å². The van der Waals surface area contributed by atoms with Gasteiger partial charge in [0.05, 0.1) is 13.7 Å². The molecule has 2 fully saturated rings. The van der Waals surface area contributed by atoms with Crippen molar-refractivity contribution >= 4 is 19.4 Å². The molecule has 10 atom stereocenters. The summed E-state index contributed by atoms with van der Waals surface area (Å²) < 4.78 is 6.11. The van der Waals surface area contributed by atoms with Gasteiger partial charge in [-0.15, -0.1) is 0 Å². The van der Waals surface area contributed by atoms with Gasteiger partial charge in [-0.25, -0.2) is 0 Å². The van der Waals surface area contributed by atoms with Crippen molar-refractivity contribution in [3.63, 3.8) is 0 Å². The molecule has 0 spiro atoms. The number of anilines is 2. The third-order valence-electron chi connectivity index (χ3n) is 13.5. The number of nitrogens with zero attached hydrogens (tertiary/aromatic N) is 2. The van der Waals surface area contributed by atoms with E-state index < -0.39 is 8.07 Å². The lowest BCUT2D eigenvalue weighted by Gasteiger charge is -2.48. The molecule has 0 saturated heterocycles. The highest BCUT2D eigenvalue weighted by molar-refractivity contribution is 6.82. The lowest BCUT2D eigenvalue weighted by atomic mass is 9.89. The van der Waals surface area contributed by atoms with Gasteiger partial charge in [0.15, 0.2) is 0 Å². The summed E-state index contributed by atoms with van der Waals surface area (Å²) >= 11 is 0. The van der Waals surface area contributed by atoms with Crippen LogP contribution in [0.2, 0.25) is 23.7 Å². The molecular weight excluding hydrogens is 589 g/mol. The predicted octanol–water partition coefficient (Wildman–Crippen LogP) is 10.1. The number of rotatable bonds is 9. The molecule has 0 bridgehead atoms. The van der Waals surface area contributed by atoms with Crippen LogP contribution in [0.5, 0.6) is 0 Å². The van der Waals surface area contributed by atoms with Crippen LogP contribution in [0, 0.1) is 23.7 Å². The highest BCUT2D eigenvalue weighted by Gasteiger charge is 2.67. The van der Waals surface area contributed by atoms with Crippen LogP contribution in [0.1, 0.15) is 69.4 Å². The van der Waals surface area contributed by atoms with Gasteiger partial charge in [0, 0.05) is 67.8 Å². The molecule has 4 heteroatoms. The van der Waals surface area contributed by atoms with Gasteiger partial charge in [0.1, 0.15) is 0 Å². The van der Waals surface area contributed by atoms with Crippen molar-refractivity contribution in [2.24, 2.45) is 23.7 Å². The van der Waals surface area contributed by atoms with Crippen molar-refractivity contribution in [1.29, 1.82) is 0 Å². The SMILES string of the molecule is CN1c2ccccc2C2C1C1C=CC=CC1C2[Si](C)(CCCCCCOC(C)(C)C)C1C2C=CC=CC2C2C1c1ccccc1N2C. The predicted molar refractivity (Wildman–Crippen MR) is 201 cm³/mol. The molecule has 2 aromatic rings. The van der Waals surface area contributed by atoms with Gasteiger partial charge in [-0.05, 0) is 73.4 Å². The van der Waals surface area contributed by atoms with Crippen molar-refractivity contribution in [2.75, 3.05) is 30.5 Å². The Bertz CT molecular complexity index is 1500. The number of ether oxygens (including phenoxy) is 1. The van der Waals surface area contributed by atoms with Crippen molar-refractivity contribution < 1.29 is 4.74 Å². The molecule has 2 aliphatic heterocycles. The molecule has 0 N–H and O–H groups in total. The monoisotopic (exact) mass is 644 g/mol. The lowest BCUT2D eigenvalue weighted by molar-refractivity contribution is -0.00471. The van der Waals surface area contributed by atoms with Gasteiger partial charge in [0.2, 0.25) is 0 Å². The average molecular weight is 645 g/mol. The zero-order chi connectivity index (χ0) is 32.5. The number of allylic oxidation sites excluding steroid dienone is 6. The van der Waals surface area contributed by atoms with Crippen LogP contribution in [-0.2, 0) is 4.74 Å². The van der Waals surface area contributed by atoms with Crippen LogP contribution >= 0.6 is 0 Å². The molecule has 10 unspecified atom stereocenters. The fourth-order valence-corrected chi connectivity index (χ4v) is 18.9. The first-order valence-electron chi connectivity index (χ1n) is 18.7. The van der Waals surface area contributed by atoms with E-state index in [1.54, 1.807) is 11.1 Å². The summed E-state index contributed by atoms with van der Waals surface area (Å²) in [6.45, 7) is 10.3. The molecule has 6 aliphatic rings. The Morgan fingerprint density at radius 2 is 1.06 bits per heavy atom. The molecule has 47 heavy (non-hydrogen) atoms. The minimum Gasteiger partial charge on any atom is -0.376 e. The van der Waals surface area contributed by atoms with Crippen LogP contribution < -0.4 is 9.80 Å². The molecule has 0 amide bonds. The van der Waals surface area contributed by atoms with Crippen LogP contribution in [0.4, 0.5) is 11.4 Å². The Morgan fingerprint density at radius 3 is 1.55 bits per heavy atom. The minimum absolute atomic E-state index is 0.0456. The molecule has 0 aromatic heterocycles. The summed E-state index contributed by atoms with van der Waals surface area (Å²) in [5.74, 6) is 3.62. The zero-order valence-electron chi connectivity index (χ0n) is 29.6. The van der Waals surface area contributed by atoms with E-state index in [0.717, 1.165) is 17.7 Å². The quantitative estimate of drug-likeness (QED) is 0.200. The molecule has 2 aromatic carbocycles. The summed E-state index contributed by atoms with van der Waals surface area (Å²) in [4.78, 5) is 5.38. The first-order valence-corrected chi connectivity index (χ1v) is 21.5. The van der Waals surface area contributed by atoms with E-state index in [0.29, 0.717) is 47.6 Å². The number of likely N-dealkylation sites (N-methyl/N-ethyl adjacent to an activating group) is 2. The van der Waals surface area contributed by atoms with Crippen LogP contribution in [0.3, 0.4) is 0 Å². The van der Waals surface area contributed by atoms with Gasteiger partial charge in [-0.2, -0.15) is 0 Å². The van der Waals surface area contributed by atoms with Crippen LogP contribution in [0.25, 0.3) is 0 Å². The summed E-state index contributed by atoms with van der Waals surface area (Å²) in [5, 5.41) is 0. The Balaban J connectivity index is 1.21. The van der Waals surface area contributed by atoms with Gasteiger partial charge >= 0.3 is 0 Å². The van der Waals surface area contributed by atoms with Crippen LogP contribution in [0.15, 0.2) is 97.1 Å². The van der Waals surface area contributed by atoms with Crippen molar-refractivity contribution in [3.8, 4) is 0 Å². The number of unbranched alkanes of at least 4 members (excludes halogenated alkanes) is 3. The standard InChI is InChI=1S/C43H56N2OSi/c1-43(2,3)46-27-17-7-8-18-28-47(6,41-31-21-11-9-19-29(31)39-37(41)33-23-13-15-25-35(33)44(39)4)42-32-22-12-10-20-30(32)40-38(42)34-24-14-16-26-36(34)45(40)5/h9-16,19-26,29-32,37-42H,7-8,17-18,27-28H2,1-6H3. The first-order chi connectivity index (χ1) is 22.7. The molecule has 0 radical (unpaired) electrons. The van der Waals surface area contributed by atoms with Gasteiger partial charge in [-0.3, -0.25) is 0 Å². The first kappa shape index (κ1) is 31.4. The highest BCUT2D eigenvalue weighted by atomic mass is 28.3. The van der Waals surface area contributed by atoms with Crippen molar-refractivity contribution in [1.82, 2.24) is 0 Å². The van der Waals surface area contributed by atoms with Crippen molar-refractivity contribution in [3.05, 3.63) is 108 Å². The molecule has 2 saturated carbocycles. The smallest absolute Gasteiger partial charge is 0.0598 e. The van der Waals surface area contributed by atoms with Gasteiger partial charge in [0.25, 0.3) is 0 Å². The third-order valence-corrected chi connectivity index (χ3v) is 19.5. The second-order valence-corrected chi connectivity index (χ2v) is 21.7. The lowest BCUT2D eigenvalue weighted by Crippen LogP contribution is -2.48. The molecule has 8 rings (SSSR count). The van der Waals surface area contributed by atoms with E-state index in [-0.39, 0.29) is 5.60 Å². The normalized spacial score (nSPS) is 35.4. The van der Waals surface area contributed by atoms with Gasteiger partial charge in [-0.1, -0.05) is 117 Å². The summed E-state index contributed by atoms with van der Waals surface area (Å²) in [5.41, 5.74) is 7.62. The molecule has 3 nitrogen and oxygen atoms in total. The van der Waals surface area contributed by atoms with E-state index >= 15 is 0 Å². The maximum absolute atomic E-state index is 6.11. The highest BCUT2D eigenvalue weighted by Crippen LogP contribution is 2.71. The number of hydrogen-bond acceptors (Lipinski definition) is 3. The Hall–Kier alpha value is -2.82. The number of para-hydroxylation sites is 2. The maximum atomic E-state index is 6.11. The molecule has 2 heterocycles. The summed E-state index contributed by atoms with van der Waals surface area (Å²) in [6.07, 6.45) is 25.1. The van der Waals surface area contributed by atoms with E-state index in [1.807, 2.05) is 0 Å². The van der Waals surface area contributed by atoms with E-state index in [1.165, 1.54) is 43.1 Å². The number of benzene rings is 2. The number of hydrogen-bond donors (Lipinski definition) is 0. The van der Waals surface area contributed by atoms with Gasteiger partial charge < -0.3 is 14.5 Å². The minimum atomic E-state index is -2.02. The fourth-order valence-electron chi connectivity index (χ4n) is 11.9. The second-order valence-electron chi connectivity index (χ2n) is 16.9. The topological polar surface area (TPSA) is 15.7 Å². The van der Waals surface area contributed by atoms with E-state index in [2.05, 4.69) is 148 Å². The average Bonchev–Trinajstić information content (AvgIpc) is 3.77. The molecule has 248 valence electrons. The maximum Gasteiger partial charge on any atom is 0.0598 e. The molecule has 4 aliphatic carbocycles. The largest absolute Gasteiger partial charge is 0.376 e. The van der Waals surface area contributed by atoms with E-state index in [4.69, 9.17) is 4.74 Å². The molecular formula is C43H56N2OSi. The second kappa shape index (κ2) is 11.9. The summed E-state index contributed by atoms with van der Waals surface area (Å²) in [7, 11) is 2.77. The Kier molecular flexibility index (Phi) is 7.99. The van der Waals surface area contributed by atoms with Crippen LogP contribution in [-0.4, -0.2) is 46.5 Å². The zero-order valence-corrected chi connectivity index (χ0v) is 30.6. The Morgan fingerprint density at radius 1 is 0.617 bits per heavy atom.